The summed E-state index contributed by atoms with van der Waals surface area (Å²) in [6.45, 7) is 42.4. The van der Waals surface area contributed by atoms with Gasteiger partial charge in [0.05, 0.1) is 0 Å². The predicted octanol–water partition coefficient (Wildman–Crippen LogP) is 11.2. The largest absolute Gasteiger partial charge is 0.0561 e. The Labute approximate surface area is 250 Å². The summed E-state index contributed by atoms with van der Waals surface area (Å²) >= 11 is 6.66. The van der Waals surface area contributed by atoms with Gasteiger partial charge >= 0.3 is 0 Å². The summed E-state index contributed by atoms with van der Waals surface area (Å²) in [6.07, 6.45) is 0. The van der Waals surface area contributed by atoms with Gasteiger partial charge in [-0.1, -0.05) is 161 Å². The van der Waals surface area contributed by atoms with Gasteiger partial charge in [-0.2, -0.15) is 0 Å². The average Bonchev–Trinajstić information content (AvgIpc) is 2.68. The molecule has 0 N–H and O–H groups in total. The molecular formula is C36H58P2S. The van der Waals surface area contributed by atoms with Crippen LogP contribution in [0, 0.1) is 0 Å². The van der Waals surface area contributed by atoms with Gasteiger partial charge in [0.25, 0.3) is 0 Å². The van der Waals surface area contributed by atoms with Crippen molar-refractivity contribution in [2.24, 2.45) is 0 Å². The first kappa shape index (κ1) is 34.5. The SMILES string of the molecule is CC(C)(C)c1cc(C(C)(C)C)c(P=P(=S)c2c(C(C)(C)C)cc(C(C)(C)C)cc2C(C)(C)C)c(C(C)(C)C)c1. The molecule has 3 heteroatoms. The zero-order valence-corrected chi connectivity index (χ0v) is 31.2. The second-order valence-corrected chi connectivity index (χ2v) is 23.1. The van der Waals surface area contributed by atoms with Gasteiger partial charge in [-0.3, -0.25) is 0 Å². The molecule has 0 saturated heterocycles. The molecule has 2 rings (SSSR count). The molecule has 0 aromatic heterocycles. The molecule has 0 saturated carbocycles. The molecule has 0 spiro atoms. The Bertz CT molecular complexity index is 1220. The Morgan fingerprint density at radius 3 is 0.923 bits per heavy atom. The van der Waals surface area contributed by atoms with Crippen molar-refractivity contribution in [2.75, 3.05) is 0 Å². The minimum absolute atomic E-state index is 0.0152. The fourth-order valence-corrected chi connectivity index (χ4v) is 10.8. The highest BCUT2D eigenvalue weighted by atomic mass is 32.5. The van der Waals surface area contributed by atoms with E-state index in [-0.39, 0.29) is 32.5 Å². The van der Waals surface area contributed by atoms with Crippen molar-refractivity contribution in [3.05, 3.63) is 57.6 Å². The van der Waals surface area contributed by atoms with Crippen LogP contribution in [0.1, 0.15) is 158 Å². The molecule has 0 fully saturated rings. The van der Waals surface area contributed by atoms with Crippen molar-refractivity contribution in [1.82, 2.24) is 0 Å². The topological polar surface area (TPSA) is 0 Å². The standard InChI is InChI=1S/C36H58P2S/c1-31(2,3)23-19-25(33(7,8)9)29(26(20-23)34(10,11)12)37-38(39)30-27(35(13,14)15)21-24(32(4,5)6)22-28(30)36(16,17)18/h19-22H,1-18H3. The van der Waals surface area contributed by atoms with Crippen molar-refractivity contribution in [2.45, 2.75) is 157 Å². The predicted molar refractivity (Wildman–Crippen MR) is 186 cm³/mol. The van der Waals surface area contributed by atoms with E-state index < -0.39 is 5.98 Å². The Morgan fingerprint density at radius 1 is 0.436 bits per heavy atom. The molecule has 0 aliphatic heterocycles. The van der Waals surface area contributed by atoms with Crippen molar-refractivity contribution >= 4 is 36.3 Å². The van der Waals surface area contributed by atoms with E-state index in [0.717, 1.165) is 0 Å². The molecule has 0 radical (unpaired) electrons. The summed E-state index contributed by atoms with van der Waals surface area (Å²) in [4.78, 5) is 0. The lowest BCUT2D eigenvalue weighted by Crippen LogP contribution is -2.31. The summed E-state index contributed by atoms with van der Waals surface area (Å²) in [7, 11) is 1.29. The summed E-state index contributed by atoms with van der Waals surface area (Å²) < 4.78 is 0. The first-order chi connectivity index (χ1) is 17.1. The summed E-state index contributed by atoms with van der Waals surface area (Å²) in [5, 5.41) is 2.90. The smallest absolute Gasteiger partial charge is 0.0198 e. The molecule has 2 aromatic carbocycles. The Morgan fingerprint density at radius 2 is 0.692 bits per heavy atom. The maximum atomic E-state index is 6.66. The van der Waals surface area contributed by atoms with Gasteiger partial charge in [0, 0.05) is 16.6 Å². The van der Waals surface area contributed by atoms with Crippen LogP contribution in [-0.4, -0.2) is 0 Å². The van der Waals surface area contributed by atoms with Gasteiger partial charge in [0.15, 0.2) is 0 Å². The van der Waals surface area contributed by atoms with Crippen molar-refractivity contribution in [3.63, 3.8) is 0 Å². The van der Waals surface area contributed by atoms with E-state index >= 15 is 0 Å². The number of hydrogen-bond acceptors (Lipinski definition) is 1. The molecule has 0 bridgehead atoms. The summed E-state index contributed by atoms with van der Waals surface area (Å²) in [6, 6.07) is 9.96. The van der Waals surface area contributed by atoms with E-state index in [9.17, 15) is 0 Å². The molecule has 218 valence electrons. The second-order valence-electron chi connectivity index (χ2n) is 17.7. The second kappa shape index (κ2) is 10.8. The van der Waals surface area contributed by atoms with Gasteiger partial charge in [-0.15, -0.1) is 0 Å². The number of hydrogen-bond donors (Lipinski definition) is 0. The summed E-state index contributed by atoms with van der Waals surface area (Å²) in [5.41, 5.74) is 8.90. The van der Waals surface area contributed by atoms with Crippen LogP contribution in [0.25, 0.3) is 0 Å². The van der Waals surface area contributed by atoms with Gasteiger partial charge in [-0.05, 0) is 73.7 Å². The zero-order chi connectivity index (χ0) is 30.7. The fraction of sp³-hybridized carbons (Fsp3) is 0.667. The van der Waals surface area contributed by atoms with Gasteiger partial charge < -0.3 is 0 Å². The van der Waals surface area contributed by atoms with Gasteiger partial charge in [-0.25, -0.2) is 0 Å². The van der Waals surface area contributed by atoms with Crippen molar-refractivity contribution in [1.29, 1.82) is 0 Å². The van der Waals surface area contributed by atoms with Crippen LogP contribution in [0.4, 0.5) is 0 Å². The molecule has 39 heavy (non-hydrogen) atoms. The summed E-state index contributed by atoms with van der Waals surface area (Å²) in [5.74, 6) is -0.879. The third-order valence-electron chi connectivity index (χ3n) is 7.57. The van der Waals surface area contributed by atoms with Crippen molar-refractivity contribution in [3.8, 4) is 0 Å². The highest BCUT2D eigenvalue weighted by molar-refractivity contribution is 8.23. The van der Waals surface area contributed by atoms with Crippen LogP contribution >= 0.6 is 13.9 Å². The van der Waals surface area contributed by atoms with E-state index in [4.69, 9.17) is 11.8 Å². The molecular weight excluding hydrogens is 526 g/mol. The maximum absolute atomic E-state index is 6.66. The van der Waals surface area contributed by atoms with Crippen LogP contribution < -0.4 is 10.6 Å². The Kier molecular flexibility index (Phi) is 9.57. The number of rotatable bonds is 2. The quantitative estimate of drug-likeness (QED) is 0.316. The molecule has 1 unspecified atom stereocenters. The van der Waals surface area contributed by atoms with Gasteiger partial charge in [0.2, 0.25) is 0 Å². The van der Waals surface area contributed by atoms with E-state index in [0.29, 0.717) is 0 Å². The highest BCUT2D eigenvalue weighted by Crippen LogP contribution is 2.42. The lowest BCUT2D eigenvalue weighted by molar-refractivity contribution is 0.553. The first-order valence-electron chi connectivity index (χ1n) is 14.6. The van der Waals surface area contributed by atoms with E-state index in [1.165, 1.54) is 51.9 Å². The van der Waals surface area contributed by atoms with Crippen LogP contribution in [0.2, 0.25) is 0 Å². The highest BCUT2D eigenvalue weighted by Gasteiger charge is 2.32. The van der Waals surface area contributed by atoms with Crippen LogP contribution in [0.3, 0.4) is 0 Å². The van der Waals surface area contributed by atoms with Crippen LogP contribution in [-0.2, 0) is 44.3 Å². The van der Waals surface area contributed by atoms with E-state index in [1.54, 1.807) is 0 Å². The fourth-order valence-electron chi connectivity index (χ4n) is 4.88. The minimum atomic E-state index is -0.879. The zero-order valence-electron chi connectivity index (χ0n) is 28.6. The maximum Gasteiger partial charge on any atom is 0.0198 e. The average molecular weight is 585 g/mol. The van der Waals surface area contributed by atoms with Crippen LogP contribution in [0.15, 0.2) is 24.3 Å². The Hall–Kier alpha value is -0.740. The lowest BCUT2D eigenvalue weighted by Gasteiger charge is -2.34. The minimum Gasteiger partial charge on any atom is -0.0561 e. The van der Waals surface area contributed by atoms with E-state index in [2.05, 4.69) is 149 Å². The van der Waals surface area contributed by atoms with E-state index in [1.807, 2.05) is 0 Å². The molecule has 0 aliphatic rings. The molecule has 0 nitrogen and oxygen atoms in total. The number of benzene rings is 2. The van der Waals surface area contributed by atoms with Crippen molar-refractivity contribution < 1.29 is 0 Å². The normalized spacial score (nSPS) is 14.7. The molecule has 0 aliphatic carbocycles. The third-order valence-corrected chi connectivity index (χ3v) is 12.3. The first-order valence-corrected chi connectivity index (χ1v) is 18.6. The lowest BCUT2D eigenvalue weighted by atomic mass is 9.75. The molecule has 0 amide bonds. The molecule has 1 atom stereocenters. The molecule has 2 aromatic rings. The third kappa shape index (κ3) is 8.18. The van der Waals surface area contributed by atoms with Crippen LogP contribution in [0.5, 0.6) is 0 Å². The Balaban J connectivity index is 3.18. The monoisotopic (exact) mass is 584 g/mol. The van der Waals surface area contributed by atoms with Gasteiger partial charge in [0.1, 0.15) is 0 Å². The molecule has 0 heterocycles.